The van der Waals surface area contributed by atoms with Crippen molar-refractivity contribution in [1.82, 2.24) is 10.6 Å². The highest BCUT2D eigenvalue weighted by Crippen LogP contribution is 2.15. The lowest BCUT2D eigenvalue weighted by molar-refractivity contribution is -0.131. The summed E-state index contributed by atoms with van der Waals surface area (Å²) in [6.07, 6.45) is 3.69. The fourth-order valence-electron chi connectivity index (χ4n) is 2.85. The van der Waals surface area contributed by atoms with Gasteiger partial charge in [0.05, 0.1) is 0 Å². The Hall–Kier alpha value is -2.44. The summed E-state index contributed by atoms with van der Waals surface area (Å²) in [6.45, 7) is 9.12. The first kappa shape index (κ1) is 24.6. The Labute approximate surface area is 173 Å². The van der Waals surface area contributed by atoms with Crippen LogP contribution in [0.5, 0.6) is 0 Å². The Bertz CT molecular complexity index is 707. The molecule has 0 unspecified atom stereocenters. The zero-order chi connectivity index (χ0) is 22.0. The average molecular weight is 408 g/mol. The third-order valence-corrected chi connectivity index (χ3v) is 4.73. The molecule has 0 heterocycles. The first-order valence-electron chi connectivity index (χ1n) is 10.4. The smallest absolute Gasteiger partial charge is 0.246 e. The van der Waals surface area contributed by atoms with Crippen LogP contribution in [-0.2, 0) is 20.8 Å². The number of nitrogens with one attached hydrogen (secondary N) is 3. The normalized spacial score (nSPS) is 12.9. The molecule has 0 fully saturated rings. The molecule has 3 N–H and O–H groups in total. The number of aryl methyl sites for hydroxylation is 1. The van der Waals surface area contributed by atoms with Crippen molar-refractivity contribution in [2.45, 2.75) is 78.8 Å². The molecule has 2 atom stereocenters. The standard InChI is InChI=1S/C22H34FN3O3/c1-6-8-9-10-19(27)26-20(14(3)4)22(29)24-15(5)21(28)25-17-12-11-16(7-2)18(23)13-17/h11-15,20H,6-10H2,1-5H3,(H,24,29)(H,25,28)(H,26,27)/t15-,20-/m0/s1. The Balaban J connectivity index is 2.65. The molecule has 7 heteroatoms. The van der Waals surface area contributed by atoms with E-state index in [-0.39, 0.29) is 17.6 Å². The van der Waals surface area contributed by atoms with Crippen molar-refractivity contribution in [1.29, 1.82) is 0 Å². The Morgan fingerprint density at radius 1 is 1.00 bits per heavy atom. The fourth-order valence-corrected chi connectivity index (χ4v) is 2.85. The summed E-state index contributed by atoms with van der Waals surface area (Å²) in [6, 6.07) is 2.95. The molecule has 1 rings (SSSR count). The van der Waals surface area contributed by atoms with Gasteiger partial charge in [0.25, 0.3) is 0 Å². The van der Waals surface area contributed by atoms with Crippen molar-refractivity contribution < 1.29 is 18.8 Å². The highest BCUT2D eigenvalue weighted by Gasteiger charge is 2.26. The van der Waals surface area contributed by atoms with Crippen molar-refractivity contribution in [3.05, 3.63) is 29.6 Å². The molecule has 6 nitrogen and oxygen atoms in total. The average Bonchev–Trinajstić information content (AvgIpc) is 2.66. The highest BCUT2D eigenvalue weighted by molar-refractivity contribution is 5.98. The monoisotopic (exact) mass is 407 g/mol. The molecule has 162 valence electrons. The maximum Gasteiger partial charge on any atom is 0.246 e. The van der Waals surface area contributed by atoms with Crippen LogP contribution in [0, 0.1) is 11.7 Å². The molecule has 0 bridgehead atoms. The van der Waals surface area contributed by atoms with E-state index in [4.69, 9.17) is 0 Å². The third kappa shape index (κ3) is 8.21. The van der Waals surface area contributed by atoms with Gasteiger partial charge in [-0.25, -0.2) is 4.39 Å². The Morgan fingerprint density at radius 3 is 2.24 bits per heavy atom. The van der Waals surface area contributed by atoms with E-state index in [2.05, 4.69) is 22.9 Å². The lowest BCUT2D eigenvalue weighted by Gasteiger charge is -2.24. The molecule has 0 saturated heterocycles. The number of hydrogen-bond acceptors (Lipinski definition) is 3. The van der Waals surface area contributed by atoms with Gasteiger partial charge in [0.15, 0.2) is 0 Å². The summed E-state index contributed by atoms with van der Waals surface area (Å²) < 4.78 is 13.9. The quantitative estimate of drug-likeness (QED) is 0.490. The molecule has 29 heavy (non-hydrogen) atoms. The summed E-state index contributed by atoms with van der Waals surface area (Å²) in [5, 5.41) is 7.99. The Morgan fingerprint density at radius 2 is 1.69 bits per heavy atom. The van der Waals surface area contributed by atoms with Gasteiger partial charge in [-0.2, -0.15) is 0 Å². The zero-order valence-corrected chi connectivity index (χ0v) is 18.1. The highest BCUT2D eigenvalue weighted by atomic mass is 19.1. The van der Waals surface area contributed by atoms with E-state index in [1.165, 1.54) is 6.07 Å². The van der Waals surface area contributed by atoms with Gasteiger partial charge in [0.2, 0.25) is 17.7 Å². The molecule has 0 aliphatic heterocycles. The van der Waals surface area contributed by atoms with Gasteiger partial charge in [-0.3, -0.25) is 14.4 Å². The van der Waals surface area contributed by atoms with Gasteiger partial charge >= 0.3 is 0 Å². The minimum Gasteiger partial charge on any atom is -0.344 e. The van der Waals surface area contributed by atoms with Crippen LogP contribution in [0.15, 0.2) is 18.2 Å². The number of carbonyl (C=O) groups excluding carboxylic acids is 3. The van der Waals surface area contributed by atoms with Gasteiger partial charge in [-0.05, 0) is 43.4 Å². The number of amides is 3. The number of rotatable bonds is 11. The minimum atomic E-state index is -0.838. The SMILES string of the molecule is CCCCCC(=O)N[C@H](C(=O)N[C@@H](C)C(=O)Nc1ccc(CC)c(F)c1)C(C)C. The predicted molar refractivity (Wildman–Crippen MR) is 113 cm³/mol. The second kappa shape index (κ2) is 12.2. The van der Waals surface area contributed by atoms with Gasteiger partial charge in [-0.1, -0.05) is 46.6 Å². The van der Waals surface area contributed by atoms with Crippen LogP contribution in [0.4, 0.5) is 10.1 Å². The lowest BCUT2D eigenvalue weighted by Crippen LogP contribution is -2.53. The number of hydrogen-bond donors (Lipinski definition) is 3. The van der Waals surface area contributed by atoms with Gasteiger partial charge in [-0.15, -0.1) is 0 Å². The van der Waals surface area contributed by atoms with Crippen molar-refractivity contribution >= 4 is 23.4 Å². The summed E-state index contributed by atoms with van der Waals surface area (Å²) in [5.74, 6) is -1.56. The summed E-state index contributed by atoms with van der Waals surface area (Å²) >= 11 is 0. The largest absolute Gasteiger partial charge is 0.344 e. The minimum absolute atomic E-state index is 0.129. The van der Waals surface area contributed by atoms with Crippen LogP contribution in [0.3, 0.4) is 0 Å². The Kier molecular flexibility index (Phi) is 10.3. The van der Waals surface area contributed by atoms with Crippen molar-refractivity contribution in [2.24, 2.45) is 5.92 Å². The number of benzene rings is 1. The third-order valence-electron chi connectivity index (χ3n) is 4.73. The molecule has 0 aliphatic carbocycles. The van der Waals surface area contributed by atoms with E-state index in [9.17, 15) is 18.8 Å². The number of carbonyl (C=O) groups is 3. The number of anilines is 1. The number of unbranched alkanes of at least 4 members (excludes halogenated alkanes) is 2. The summed E-state index contributed by atoms with van der Waals surface area (Å²) in [5.41, 5.74) is 0.897. The molecule has 0 saturated carbocycles. The molecule has 0 spiro atoms. The fraction of sp³-hybridized carbons (Fsp3) is 0.591. The van der Waals surface area contributed by atoms with Crippen LogP contribution < -0.4 is 16.0 Å². The maximum atomic E-state index is 13.9. The zero-order valence-electron chi connectivity index (χ0n) is 18.1. The molecule has 0 radical (unpaired) electrons. The molecule has 1 aromatic rings. The van der Waals surface area contributed by atoms with Gasteiger partial charge in [0.1, 0.15) is 17.9 Å². The molecule has 3 amide bonds. The topological polar surface area (TPSA) is 87.3 Å². The van der Waals surface area contributed by atoms with E-state index in [1.54, 1.807) is 19.1 Å². The maximum absolute atomic E-state index is 13.9. The van der Waals surface area contributed by atoms with Gasteiger partial charge < -0.3 is 16.0 Å². The van der Waals surface area contributed by atoms with Crippen LogP contribution in [-0.4, -0.2) is 29.8 Å². The molecule has 1 aromatic carbocycles. The van der Waals surface area contributed by atoms with E-state index >= 15 is 0 Å². The molecule has 0 aliphatic rings. The van der Waals surface area contributed by atoms with Crippen LogP contribution in [0.1, 0.15) is 65.9 Å². The van der Waals surface area contributed by atoms with Crippen molar-refractivity contribution in [2.75, 3.05) is 5.32 Å². The molecular weight excluding hydrogens is 373 g/mol. The van der Waals surface area contributed by atoms with E-state index in [1.807, 2.05) is 20.8 Å². The van der Waals surface area contributed by atoms with Crippen LogP contribution in [0.2, 0.25) is 0 Å². The summed E-state index contributed by atoms with van der Waals surface area (Å²) in [4.78, 5) is 37.0. The van der Waals surface area contributed by atoms with Crippen molar-refractivity contribution in [3.63, 3.8) is 0 Å². The van der Waals surface area contributed by atoms with Crippen LogP contribution in [0.25, 0.3) is 0 Å². The second-order valence-corrected chi connectivity index (χ2v) is 7.63. The van der Waals surface area contributed by atoms with E-state index in [0.717, 1.165) is 19.3 Å². The number of halogens is 1. The first-order valence-corrected chi connectivity index (χ1v) is 10.4. The summed E-state index contributed by atoms with van der Waals surface area (Å²) in [7, 11) is 0. The van der Waals surface area contributed by atoms with E-state index < -0.39 is 23.9 Å². The second-order valence-electron chi connectivity index (χ2n) is 7.63. The van der Waals surface area contributed by atoms with Crippen molar-refractivity contribution in [3.8, 4) is 0 Å². The van der Waals surface area contributed by atoms with Gasteiger partial charge in [0, 0.05) is 12.1 Å². The molecule has 0 aromatic heterocycles. The first-order chi connectivity index (χ1) is 13.7. The van der Waals surface area contributed by atoms with E-state index in [0.29, 0.717) is 24.1 Å². The molecular formula is C22H34FN3O3. The predicted octanol–water partition coefficient (Wildman–Crippen LogP) is 3.55. The lowest BCUT2D eigenvalue weighted by atomic mass is 10.0. The van der Waals surface area contributed by atoms with Crippen LogP contribution >= 0.6 is 0 Å².